The molecular formula is C11H16FNS. The average Bonchev–Trinajstić information content (AvgIpc) is 2.09. The topological polar surface area (TPSA) is 26.0 Å². The first-order valence-corrected chi connectivity index (χ1v) is 5.85. The number of rotatable bonds is 3. The van der Waals surface area contributed by atoms with Crippen molar-refractivity contribution in [1.82, 2.24) is 0 Å². The van der Waals surface area contributed by atoms with Crippen LogP contribution >= 0.6 is 11.8 Å². The molecule has 14 heavy (non-hydrogen) atoms. The molecule has 0 aliphatic heterocycles. The van der Waals surface area contributed by atoms with Crippen molar-refractivity contribution in [3.63, 3.8) is 0 Å². The first-order valence-electron chi connectivity index (χ1n) is 4.63. The molecule has 2 N–H and O–H groups in total. The van der Waals surface area contributed by atoms with E-state index in [1.165, 1.54) is 0 Å². The molecule has 0 heterocycles. The molecule has 0 aliphatic rings. The van der Waals surface area contributed by atoms with Gasteiger partial charge >= 0.3 is 0 Å². The van der Waals surface area contributed by atoms with E-state index in [9.17, 15) is 4.39 Å². The number of hydrogen-bond acceptors (Lipinski definition) is 2. The summed E-state index contributed by atoms with van der Waals surface area (Å²) in [5.41, 5.74) is 7.36. The lowest BCUT2D eigenvalue weighted by molar-refractivity contribution is 0.593. The Morgan fingerprint density at radius 1 is 1.50 bits per heavy atom. The summed E-state index contributed by atoms with van der Waals surface area (Å²) in [5.74, 6) is -0.141. The highest BCUT2D eigenvalue weighted by Gasteiger charge is 2.08. The quantitative estimate of drug-likeness (QED) is 0.781. The van der Waals surface area contributed by atoms with Crippen LogP contribution in [0.2, 0.25) is 0 Å². The van der Waals surface area contributed by atoms with E-state index in [0.29, 0.717) is 6.42 Å². The van der Waals surface area contributed by atoms with Gasteiger partial charge in [0.1, 0.15) is 5.82 Å². The van der Waals surface area contributed by atoms with Crippen LogP contribution in [0.4, 0.5) is 4.39 Å². The molecule has 1 rings (SSSR count). The molecule has 0 fully saturated rings. The minimum Gasteiger partial charge on any atom is -0.328 e. The normalized spacial score (nSPS) is 12.9. The van der Waals surface area contributed by atoms with Crippen LogP contribution in [0.15, 0.2) is 17.0 Å². The Kier molecular flexibility index (Phi) is 3.96. The van der Waals surface area contributed by atoms with Gasteiger partial charge in [0.2, 0.25) is 0 Å². The molecule has 3 heteroatoms. The number of nitrogens with two attached hydrogens (primary N) is 1. The van der Waals surface area contributed by atoms with Gasteiger partial charge in [0.05, 0.1) is 0 Å². The zero-order valence-electron chi connectivity index (χ0n) is 8.80. The first-order chi connectivity index (χ1) is 6.54. The van der Waals surface area contributed by atoms with Crippen LogP contribution in [0, 0.1) is 12.7 Å². The van der Waals surface area contributed by atoms with E-state index in [1.807, 2.05) is 26.2 Å². The van der Waals surface area contributed by atoms with E-state index in [0.717, 1.165) is 16.0 Å². The molecule has 0 aromatic heterocycles. The monoisotopic (exact) mass is 213 g/mol. The van der Waals surface area contributed by atoms with Gasteiger partial charge in [-0.15, -0.1) is 11.8 Å². The molecular weight excluding hydrogens is 197 g/mol. The van der Waals surface area contributed by atoms with Crippen molar-refractivity contribution in [2.75, 3.05) is 6.26 Å². The zero-order chi connectivity index (χ0) is 10.7. The van der Waals surface area contributed by atoms with Crippen molar-refractivity contribution in [3.8, 4) is 0 Å². The second-order valence-electron chi connectivity index (χ2n) is 3.59. The minimum absolute atomic E-state index is 0.00177. The molecule has 0 bridgehead atoms. The van der Waals surface area contributed by atoms with Gasteiger partial charge < -0.3 is 5.73 Å². The number of benzene rings is 1. The molecule has 0 amide bonds. The third-order valence-corrected chi connectivity index (χ3v) is 2.99. The predicted octanol–water partition coefficient (Wildman–Crippen LogP) is 2.75. The SMILES string of the molecule is CSc1cc(CC(C)N)c(F)cc1C. The van der Waals surface area contributed by atoms with Crippen LogP contribution < -0.4 is 5.73 Å². The molecule has 1 nitrogen and oxygen atoms in total. The van der Waals surface area contributed by atoms with Crippen LogP contribution in [0.1, 0.15) is 18.1 Å². The molecule has 0 spiro atoms. The van der Waals surface area contributed by atoms with Crippen LogP contribution in [0.5, 0.6) is 0 Å². The van der Waals surface area contributed by atoms with Gasteiger partial charge in [-0.05, 0) is 49.8 Å². The highest BCUT2D eigenvalue weighted by atomic mass is 32.2. The predicted molar refractivity (Wildman–Crippen MR) is 60.3 cm³/mol. The summed E-state index contributed by atoms with van der Waals surface area (Å²) in [6.45, 7) is 3.81. The lowest BCUT2D eigenvalue weighted by Crippen LogP contribution is -2.18. The Morgan fingerprint density at radius 3 is 2.64 bits per heavy atom. The standard InChI is InChI=1S/C11H16FNS/c1-7-4-10(12)9(5-8(2)13)6-11(7)14-3/h4,6,8H,5,13H2,1-3H3. The summed E-state index contributed by atoms with van der Waals surface area (Å²) in [4.78, 5) is 1.13. The summed E-state index contributed by atoms with van der Waals surface area (Å²) in [7, 11) is 0. The number of hydrogen-bond donors (Lipinski definition) is 1. The van der Waals surface area contributed by atoms with Gasteiger partial charge in [-0.2, -0.15) is 0 Å². The van der Waals surface area contributed by atoms with E-state index in [1.54, 1.807) is 17.8 Å². The van der Waals surface area contributed by atoms with Crippen LogP contribution in [-0.2, 0) is 6.42 Å². The Hall–Kier alpha value is -0.540. The van der Waals surface area contributed by atoms with E-state index in [4.69, 9.17) is 5.73 Å². The van der Waals surface area contributed by atoms with Crippen molar-refractivity contribution in [1.29, 1.82) is 0 Å². The van der Waals surface area contributed by atoms with Crippen LogP contribution in [0.25, 0.3) is 0 Å². The zero-order valence-corrected chi connectivity index (χ0v) is 9.62. The van der Waals surface area contributed by atoms with Gasteiger partial charge in [-0.1, -0.05) is 0 Å². The molecule has 1 unspecified atom stereocenters. The molecule has 1 atom stereocenters. The third kappa shape index (κ3) is 2.72. The fourth-order valence-electron chi connectivity index (χ4n) is 1.42. The summed E-state index contributed by atoms with van der Waals surface area (Å²) in [5, 5.41) is 0. The van der Waals surface area contributed by atoms with Gasteiger partial charge in [0.25, 0.3) is 0 Å². The maximum absolute atomic E-state index is 13.5. The van der Waals surface area contributed by atoms with Crippen molar-refractivity contribution in [2.45, 2.75) is 31.2 Å². The second-order valence-corrected chi connectivity index (χ2v) is 4.44. The maximum atomic E-state index is 13.5. The Labute approximate surface area is 88.9 Å². The van der Waals surface area contributed by atoms with Gasteiger partial charge in [0, 0.05) is 10.9 Å². The number of aryl methyl sites for hydroxylation is 1. The molecule has 1 aromatic carbocycles. The fourth-order valence-corrected chi connectivity index (χ4v) is 2.06. The molecule has 0 radical (unpaired) electrons. The molecule has 1 aromatic rings. The van der Waals surface area contributed by atoms with Crippen LogP contribution in [0.3, 0.4) is 0 Å². The van der Waals surface area contributed by atoms with Gasteiger partial charge in [0.15, 0.2) is 0 Å². The highest BCUT2D eigenvalue weighted by molar-refractivity contribution is 7.98. The molecule has 0 aliphatic carbocycles. The van der Waals surface area contributed by atoms with E-state index >= 15 is 0 Å². The molecule has 0 saturated carbocycles. The van der Waals surface area contributed by atoms with Crippen molar-refractivity contribution in [3.05, 3.63) is 29.1 Å². The molecule has 78 valence electrons. The smallest absolute Gasteiger partial charge is 0.126 e. The summed E-state index contributed by atoms with van der Waals surface area (Å²) >= 11 is 1.64. The number of thioether (sulfide) groups is 1. The third-order valence-electron chi connectivity index (χ3n) is 2.11. The van der Waals surface area contributed by atoms with Crippen molar-refractivity contribution < 1.29 is 4.39 Å². The highest BCUT2D eigenvalue weighted by Crippen LogP contribution is 2.24. The van der Waals surface area contributed by atoms with E-state index in [-0.39, 0.29) is 11.9 Å². The Balaban J connectivity index is 3.04. The lowest BCUT2D eigenvalue weighted by atomic mass is 10.1. The summed E-state index contributed by atoms with van der Waals surface area (Å²) < 4.78 is 13.5. The molecule has 0 saturated heterocycles. The second kappa shape index (κ2) is 4.80. The fraction of sp³-hybridized carbons (Fsp3) is 0.455. The van der Waals surface area contributed by atoms with Crippen molar-refractivity contribution in [2.24, 2.45) is 5.73 Å². The largest absolute Gasteiger partial charge is 0.328 e. The van der Waals surface area contributed by atoms with Gasteiger partial charge in [-0.25, -0.2) is 4.39 Å². The van der Waals surface area contributed by atoms with Crippen LogP contribution in [-0.4, -0.2) is 12.3 Å². The average molecular weight is 213 g/mol. The summed E-state index contributed by atoms with van der Waals surface area (Å²) in [6, 6.07) is 3.49. The Morgan fingerprint density at radius 2 is 2.14 bits per heavy atom. The number of halogens is 1. The van der Waals surface area contributed by atoms with Gasteiger partial charge in [-0.3, -0.25) is 0 Å². The van der Waals surface area contributed by atoms with E-state index < -0.39 is 0 Å². The minimum atomic E-state index is -0.141. The van der Waals surface area contributed by atoms with E-state index in [2.05, 4.69) is 0 Å². The summed E-state index contributed by atoms with van der Waals surface area (Å²) in [6.07, 6.45) is 2.59. The Bertz CT molecular complexity index is 323. The first kappa shape index (κ1) is 11.5. The lowest BCUT2D eigenvalue weighted by Gasteiger charge is -2.10. The van der Waals surface area contributed by atoms with Crippen molar-refractivity contribution >= 4 is 11.8 Å². The maximum Gasteiger partial charge on any atom is 0.126 e.